The molecule has 0 bridgehead atoms. The molecule has 1 heterocycles. The van der Waals surface area contributed by atoms with Crippen molar-refractivity contribution in [3.8, 4) is 5.75 Å². The number of ether oxygens (including phenoxy) is 1. The summed E-state index contributed by atoms with van der Waals surface area (Å²) < 4.78 is 47.1. The van der Waals surface area contributed by atoms with Crippen LogP contribution in [0.3, 0.4) is 0 Å². The average Bonchev–Trinajstić information content (AvgIpc) is 3.19. The van der Waals surface area contributed by atoms with Gasteiger partial charge in [0.15, 0.2) is 9.84 Å². The lowest BCUT2D eigenvalue weighted by Gasteiger charge is -2.08. The van der Waals surface area contributed by atoms with Crippen LogP contribution in [-0.2, 0) is 33.5 Å². The lowest BCUT2D eigenvalue weighted by Crippen LogP contribution is -2.26. The van der Waals surface area contributed by atoms with E-state index in [0.717, 1.165) is 11.3 Å². The van der Waals surface area contributed by atoms with Gasteiger partial charge < -0.3 is 14.6 Å². The van der Waals surface area contributed by atoms with Crippen LogP contribution in [-0.4, -0.2) is 26.0 Å². The molecule has 0 unspecified atom stereocenters. The maximum atomic E-state index is 14.1. The van der Waals surface area contributed by atoms with Gasteiger partial charge in [-0.05, 0) is 29.8 Å². The fourth-order valence-electron chi connectivity index (χ4n) is 3.64. The van der Waals surface area contributed by atoms with Crippen LogP contribution in [0.5, 0.6) is 5.75 Å². The number of nitrogens with one attached hydrogen (secondary N) is 1. The molecular formula is C25H23FN2O4S. The summed E-state index contributed by atoms with van der Waals surface area (Å²) in [4.78, 5) is 12.7. The highest BCUT2D eigenvalue weighted by Crippen LogP contribution is 2.28. The van der Waals surface area contributed by atoms with Gasteiger partial charge in [0, 0.05) is 29.2 Å². The van der Waals surface area contributed by atoms with Crippen LogP contribution in [0.2, 0.25) is 0 Å². The summed E-state index contributed by atoms with van der Waals surface area (Å²) in [7, 11) is -2.26. The first-order chi connectivity index (χ1) is 15.9. The molecule has 0 atom stereocenters. The molecule has 170 valence electrons. The predicted molar refractivity (Wildman–Crippen MR) is 124 cm³/mol. The Balaban J connectivity index is 1.55. The van der Waals surface area contributed by atoms with E-state index < -0.39 is 21.4 Å². The van der Waals surface area contributed by atoms with Gasteiger partial charge >= 0.3 is 0 Å². The molecule has 0 spiro atoms. The molecule has 6 nitrogen and oxygen atoms in total. The molecule has 33 heavy (non-hydrogen) atoms. The SMILES string of the molecule is COc1ccc(CNC(=O)Cn2cc(S(=O)(=O)Cc3ccccc3F)c3ccccc32)cc1. The second-order valence-corrected chi connectivity index (χ2v) is 9.57. The topological polar surface area (TPSA) is 77.4 Å². The van der Waals surface area contributed by atoms with Crippen molar-refractivity contribution in [3.05, 3.63) is 95.9 Å². The number of methoxy groups -OCH3 is 1. The van der Waals surface area contributed by atoms with Gasteiger partial charge in [-0.15, -0.1) is 0 Å². The number of fused-ring (bicyclic) bond motifs is 1. The number of carbonyl (C=O) groups excluding carboxylic acids is 1. The highest BCUT2D eigenvalue weighted by Gasteiger charge is 2.23. The minimum atomic E-state index is -3.84. The lowest BCUT2D eigenvalue weighted by molar-refractivity contribution is -0.121. The van der Waals surface area contributed by atoms with Crippen molar-refractivity contribution in [2.45, 2.75) is 23.7 Å². The number of rotatable bonds is 8. The number of para-hydroxylation sites is 1. The monoisotopic (exact) mass is 466 g/mol. The standard InChI is InChI=1S/C25H23FN2O4S/c1-32-20-12-10-18(11-13-20)14-27-25(29)16-28-15-24(21-7-3-5-9-23(21)28)33(30,31)17-19-6-2-4-8-22(19)26/h2-13,15H,14,16-17H2,1H3,(H,27,29). The van der Waals surface area contributed by atoms with Crippen molar-refractivity contribution in [2.24, 2.45) is 0 Å². The van der Waals surface area contributed by atoms with Gasteiger partial charge in [0.25, 0.3) is 0 Å². The Labute approximate surface area is 191 Å². The molecule has 1 aromatic heterocycles. The Bertz CT molecular complexity index is 1400. The van der Waals surface area contributed by atoms with Crippen molar-refractivity contribution < 1.29 is 22.3 Å². The highest BCUT2D eigenvalue weighted by atomic mass is 32.2. The summed E-state index contributed by atoms with van der Waals surface area (Å²) >= 11 is 0. The quantitative estimate of drug-likeness (QED) is 0.425. The Morgan fingerprint density at radius 2 is 1.70 bits per heavy atom. The Hall–Kier alpha value is -3.65. The van der Waals surface area contributed by atoms with E-state index in [0.29, 0.717) is 17.4 Å². The number of benzene rings is 3. The molecule has 3 aromatic carbocycles. The molecule has 0 fully saturated rings. The molecule has 0 radical (unpaired) electrons. The average molecular weight is 467 g/mol. The van der Waals surface area contributed by atoms with Crippen LogP contribution in [0.4, 0.5) is 4.39 Å². The van der Waals surface area contributed by atoms with E-state index >= 15 is 0 Å². The second kappa shape index (κ2) is 9.46. The summed E-state index contributed by atoms with van der Waals surface area (Å²) in [5.74, 6) is -0.558. The Morgan fingerprint density at radius 1 is 1.00 bits per heavy atom. The van der Waals surface area contributed by atoms with Crippen LogP contribution in [0.25, 0.3) is 10.9 Å². The number of carbonyl (C=O) groups is 1. The van der Waals surface area contributed by atoms with E-state index in [1.54, 1.807) is 42.0 Å². The van der Waals surface area contributed by atoms with Crippen molar-refractivity contribution in [2.75, 3.05) is 7.11 Å². The molecule has 4 aromatic rings. The zero-order valence-corrected chi connectivity index (χ0v) is 18.8. The number of sulfone groups is 1. The third-order valence-electron chi connectivity index (χ3n) is 5.35. The van der Waals surface area contributed by atoms with Crippen LogP contribution >= 0.6 is 0 Å². The van der Waals surface area contributed by atoms with Gasteiger partial charge in [-0.2, -0.15) is 0 Å². The largest absolute Gasteiger partial charge is 0.497 e. The van der Waals surface area contributed by atoms with Gasteiger partial charge in [-0.25, -0.2) is 12.8 Å². The van der Waals surface area contributed by atoms with E-state index in [-0.39, 0.29) is 22.9 Å². The first-order valence-corrected chi connectivity index (χ1v) is 12.0. The van der Waals surface area contributed by atoms with Crippen molar-refractivity contribution in [1.82, 2.24) is 9.88 Å². The predicted octanol–water partition coefficient (Wildman–Crippen LogP) is 4.08. The number of nitrogens with zero attached hydrogens (tertiary/aromatic N) is 1. The molecule has 0 aliphatic rings. The first kappa shape index (κ1) is 22.5. The van der Waals surface area contributed by atoms with Crippen molar-refractivity contribution in [1.29, 1.82) is 0 Å². The molecule has 0 saturated carbocycles. The van der Waals surface area contributed by atoms with E-state index in [1.165, 1.54) is 24.4 Å². The molecule has 4 rings (SSSR count). The molecule has 0 saturated heterocycles. The van der Waals surface area contributed by atoms with Crippen LogP contribution in [0, 0.1) is 5.82 Å². The van der Waals surface area contributed by atoms with Crippen LogP contribution in [0.15, 0.2) is 83.9 Å². The van der Waals surface area contributed by atoms with E-state index in [1.807, 2.05) is 24.3 Å². The number of amides is 1. The zero-order valence-electron chi connectivity index (χ0n) is 18.0. The van der Waals surface area contributed by atoms with Crippen molar-refractivity contribution in [3.63, 3.8) is 0 Å². The maximum Gasteiger partial charge on any atom is 0.240 e. The normalized spacial score (nSPS) is 11.5. The molecule has 0 aliphatic heterocycles. The third-order valence-corrected chi connectivity index (χ3v) is 7.04. The van der Waals surface area contributed by atoms with Gasteiger partial charge in [0.2, 0.25) is 5.91 Å². The Kier molecular flexibility index (Phi) is 6.46. The Morgan fingerprint density at radius 3 is 2.42 bits per heavy atom. The minimum absolute atomic E-state index is 0.0497. The number of halogens is 1. The van der Waals surface area contributed by atoms with E-state index in [4.69, 9.17) is 4.74 Å². The van der Waals surface area contributed by atoms with Gasteiger partial charge in [0.1, 0.15) is 18.1 Å². The number of hydrogen-bond acceptors (Lipinski definition) is 4. The number of aromatic nitrogens is 1. The second-order valence-electron chi connectivity index (χ2n) is 7.61. The molecule has 8 heteroatoms. The lowest BCUT2D eigenvalue weighted by atomic mass is 10.2. The summed E-state index contributed by atoms with van der Waals surface area (Å²) in [6.07, 6.45) is 1.45. The molecule has 1 amide bonds. The summed E-state index contributed by atoms with van der Waals surface area (Å²) in [5.41, 5.74) is 1.63. The number of hydrogen-bond donors (Lipinski definition) is 1. The van der Waals surface area contributed by atoms with Gasteiger partial charge in [0.05, 0.1) is 17.8 Å². The van der Waals surface area contributed by atoms with Gasteiger partial charge in [-0.3, -0.25) is 4.79 Å². The van der Waals surface area contributed by atoms with Crippen LogP contribution in [0.1, 0.15) is 11.1 Å². The van der Waals surface area contributed by atoms with E-state index in [9.17, 15) is 17.6 Å². The smallest absolute Gasteiger partial charge is 0.240 e. The van der Waals surface area contributed by atoms with Gasteiger partial charge in [-0.1, -0.05) is 48.5 Å². The fourth-order valence-corrected chi connectivity index (χ4v) is 5.24. The maximum absolute atomic E-state index is 14.1. The van der Waals surface area contributed by atoms with Crippen molar-refractivity contribution >= 4 is 26.6 Å². The summed E-state index contributed by atoms with van der Waals surface area (Å²) in [6.45, 7) is 0.284. The fraction of sp³-hybridized carbons (Fsp3) is 0.160. The van der Waals surface area contributed by atoms with Crippen LogP contribution < -0.4 is 10.1 Å². The molecular weight excluding hydrogens is 443 g/mol. The molecule has 1 N–H and O–H groups in total. The van der Waals surface area contributed by atoms with E-state index in [2.05, 4.69) is 5.32 Å². The third kappa shape index (κ3) is 5.06. The highest BCUT2D eigenvalue weighted by molar-refractivity contribution is 7.90. The zero-order chi connectivity index (χ0) is 23.4. The summed E-state index contributed by atoms with van der Waals surface area (Å²) in [5, 5.41) is 3.34. The first-order valence-electron chi connectivity index (χ1n) is 10.3. The summed E-state index contributed by atoms with van der Waals surface area (Å²) in [6, 6.07) is 20.1. The minimum Gasteiger partial charge on any atom is -0.497 e. The molecule has 0 aliphatic carbocycles.